The molecular formula is C14H15BrN2O. The lowest BCUT2D eigenvalue weighted by molar-refractivity contribution is 0.479. The molecule has 2 N–H and O–H groups in total. The van der Waals surface area contributed by atoms with Crippen molar-refractivity contribution in [1.82, 2.24) is 4.98 Å². The molecule has 0 atom stereocenters. The van der Waals surface area contributed by atoms with Gasteiger partial charge in [0.1, 0.15) is 11.5 Å². The van der Waals surface area contributed by atoms with Gasteiger partial charge in [0.25, 0.3) is 0 Å². The molecule has 0 amide bonds. The Kier molecular flexibility index (Phi) is 4.33. The number of halogens is 1. The van der Waals surface area contributed by atoms with Crippen molar-refractivity contribution in [3.8, 4) is 11.5 Å². The Morgan fingerprint density at radius 3 is 2.61 bits per heavy atom. The molecule has 1 aromatic heterocycles. The molecule has 4 heteroatoms. The normalized spacial score (nSPS) is 10.4. The molecule has 0 spiro atoms. The molecule has 0 bridgehead atoms. The van der Waals surface area contributed by atoms with Crippen molar-refractivity contribution in [3.05, 3.63) is 52.3 Å². The summed E-state index contributed by atoms with van der Waals surface area (Å²) in [6.07, 6.45) is 2.57. The van der Waals surface area contributed by atoms with Crippen molar-refractivity contribution in [2.45, 2.75) is 13.3 Å². The van der Waals surface area contributed by atoms with Crippen molar-refractivity contribution >= 4 is 15.9 Å². The Labute approximate surface area is 115 Å². The molecule has 2 rings (SSSR count). The molecule has 0 aliphatic rings. The monoisotopic (exact) mass is 306 g/mol. The number of nitrogens with zero attached hydrogens (tertiary/aromatic N) is 1. The quantitative estimate of drug-likeness (QED) is 0.941. The van der Waals surface area contributed by atoms with Crippen LogP contribution in [0.3, 0.4) is 0 Å². The van der Waals surface area contributed by atoms with Gasteiger partial charge in [0, 0.05) is 10.2 Å². The summed E-state index contributed by atoms with van der Waals surface area (Å²) in [4.78, 5) is 4.19. The zero-order valence-electron chi connectivity index (χ0n) is 10.2. The number of rotatable bonds is 4. The summed E-state index contributed by atoms with van der Waals surface area (Å²) in [6.45, 7) is 2.59. The van der Waals surface area contributed by atoms with Crippen LogP contribution in [0.25, 0.3) is 0 Å². The van der Waals surface area contributed by atoms with E-state index in [1.165, 1.54) is 5.56 Å². The standard InChI is InChI=1S/C14H15BrN2O/c1-10-2-4-13(9-17-10)18-12-5-3-11(6-7-16)14(15)8-12/h2-5,8-9H,6-7,16H2,1H3. The van der Waals surface area contributed by atoms with Crippen molar-refractivity contribution in [2.24, 2.45) is 5.73 Å². The highest BCUT2D eigenvalue weighted by Gasteiger charge is 2.03. The minimum absolute atomic E-state index is 0.640. The predicted molar refractivity (Wildman–Crippen MR) is 75.9 cm³/mol. The van der Waals surface area contributed by atoms with Crippen LogP contribution in [0.1, 0.15) is 11.3 Å². The largest absolute Gasteiger partial charge is 0.456 e. The van der Waals surface area contributed by atoms with Gasteiger partial charge in [-0.05, 0) is 49.7 Å². The minimum Gasteiger partial charge on any atom is -0.456 e. The van der Waals surface area contributed by atoms with Crippen LogP contribution in [-0.2, 0) is 6.42 Å². The van der Waals surface area contributed by atoms with Crippen molar-refractivity contribution in [2.75, 3.05) is 6.54 Å². The molecule has 1 aromatic carbocycles. The topological polar surface area (TPSA) is 48.1 Å². The second-order valence-electron chi connectivity index (χ2n) is 4.03. The SMILES string of the molecule is Cc1ccc(Oc2ccc(CCN)c(Br)c2)cn1. The number of ether oxygens (including phenoxy) is 1. The van der Waals surface area contributed by atoms with Crippen LogP contribution >= 0.6 is 15.9 Å². The van der Waals surface area contributed by atoms with Gasteiger partial charge in [-0.25, -0.2) is 0 Å². The number of aromatic nitrogens is 1. The van der Waals surface area contributed by atoms with Crippen LogP contribution in [-0.4, -0.2) is 11.5 Å². The maximum Gasteiger partial charge on any atom is 0.145 e. The molecule has 3 nitrogen and oxygen atoms in total. The summed E-state index contributed by atoms with van der Waals surface area (Å²) < 4.78 is 6.74. The van der Waals surface area contributed by atoms with E-state index in [1.54, 1.807) is 6.20 Å². The van der Waals surface area contributed by atoms with Gasteiger partial charge in [-0.1, -0.05) is 22.0 Å². The Hall–Kier alpha value is -1.39. The highest BCUT2D eigenvalue weighted by molar-refractivity contribution is 9.10. The van der Waals surface area contributed by atoms with E-state index >= 15 is 0 Å². The fourth-order valence-electron chi connectivity index (χ4n) is 1.60. The molecule has 0 fully saturated rings. The molecule has 94 valence electrons. The van der Waals surface area contributed by atoms with E-state index in [1.807, 2.05) is 37.3 Å². The van der Waals surface area contributed by atoms with E-state index < -0.39 is 0 Å². The second kappa shape index (κ2) is 5.98. The molecule has 0 aliphatic carbocycles. The molecule has 0 saturated heterocycles. The molecular weight excluding hydrogens is 292 g/mol. The summed E-state index contributed by atoms with van der Waals surface area (Å²) in [5, 5.41) is 0. The number of hydrogen-bond acceptors (Lipinski definition) is 3. The molecule has 2 aromatic rings. The minimum atomic E-state index is 0.640. The first-order valence-electron chi connectivity index (χ1n) is 5.78. The molecule has 0 unspecified atom stereocenters. The Bertz CT molecular complexity index is 526. The van der Waals surface area contributed by atoms with Crippen molar-refractivity contribution in [1.29, 1.82) is 0 Å². The highest BCUT2D eigenvalue weighted by atomic mass is 79.9. The van der Waals surface area contributed by atoms with Gasteiger partial charge < -0.3 is 10.5 Å². The average Bonchev–Trinajstić information content (AvgIpc) is 2.36. The first kappa shape index (κ1) is 13.1. The number of nitrogens with two attached hydrogens (primary N) is 1. The van der Waals surface area contributed by atoms with Crippen molar-refractivity contribution < 1.29 is 4.74 Å². The fourth-order valence-corrected chi connectivity index (χ4v) is 2.16. The summed E-state index contributed by atoms with van der Waals surface area (Å²) in [5.74, 6) is 1.52. The molecule has 1 heterocycles. The van der Waals surface area contributed by atoms with Gasteiger partial charge in [-0.15, -0.1) is 0 Å². The molecule has 18 heavy (non-hydrogen) atoms. The first-order valence-corrected chi connectivity index (χ1v) is 6.57. The predicted octanol–water partition coefficient (Wildman–Crippen LogP) is 3.45. The maximum absolute atomic E-state index is 5.72. The van der Waals surface area contributed by atoms with E-state index in [9.17, 15) is 0 Å². The fraction of sp³-hybridized carbons (Fsp3) is 0.214. The van der Waals surface area contributed by atoms with E-state index in [-0.39, 0.29) is 0 Å². The highest BCUT2D eigenvalue weighted by Crippen LogP contribution is 2.27. The summed E-state index contributed by atoms with van der Waals surface area (Å²) in [5.41, 5.74) is 7.71. The van der Waals surface area contributed by atoms with E-state index in [2.05, 4.69) is 20.9 Å². The summed E-state index contributed by atoms with van der Waals surface area (Å²) in [7, 11) is 0. The third-order valence-electron chi connectivity index (χ3n) is 2.56. The van der Waals surface area contributed by atoms with E-state index in [0.717, 1.165) is 28.1 Å². The van der Waals surface area contributed by atoms with Gasteiger partial charge in [-0.2, -0.15) is 0 Å². The summed E-state index contributed by atoms with van der Waals surface area (Å²) >= 11 is 3.52. The third-order valence-corrected chi connectivity index (χ3v) is 3.30. The summed E-state index contributed by atoms with van der Waals surface area (Å²) in [6, 6.07) is 9.74. The molecule has 0 radical (unpaired) electrons. The third kappa shape index (κ3) is 3.31. The van der Waals surface area contributed by atoms with E-state index in [0.29, 0.717) is 6.54 Å². The Morgan fingerprint density at radius 1 is 1.22 bits per heavy atom. The van der Waals surface area contributed by atoms with Crippen LogP contribution in [0, 0.1) is 6.92 Å². The van der Waals surface area contributed by atoms with E-state index in [4.69, 9.17) is 10.5 Å². The molecule has 0 saturated carbocycles. The van der Waals surface area contributed by atoms with Crippen LogP contribution in [0.15, 0.2) is 41.0 Å². The Balaban J connectivity index is 2.14. The lowest BCUT2D eigenvalue weighted by atomic mass is 10.1. The average molecular weight is 307 g/mol. The van der Waals surface area contributed by atoms with Gasteiger partial charge in [0.05, 0.1) is 6.20 Å². The van der Waals surface area contributed by atoms with Crippen LogP contribution in [0.5, 0.6) is 11.5 Å². The Morgan fingerprint density at radius 2 is 2.00 bits per heavy atom. The van der Waals surface area contributed by atoms with Gasteiger partial charge >= 0.3 is 0 Å². The number of benzene rings is 1. The zero-order valence-corrected chi connectivity index (χ0v) is 11.8. The maximum atomic E-state index is 5.72. The smallest absolute Gasteiger partial charge is 0.145 e. The van der Waals surface area contributed by atoms with Crippen LogP contribution in [0.4, 0.5) is 0 Å². The first-order chi connectivity index (χ1) is 8.69. The second-order valence-corrected chi connectivity index (χ2v) is 4.88. The van der Waals surface area contributed by atoms with Crippen molar-refractivity contribution in [3.63, 3.8) is 0 Å². The van der Waals surface area contributed by atoms with Gasteiger partial charge in [0.15, 0.2) is 0 Å². The van der Waals surface area contributed by atoms with Crippen LogP contribution in [0.2, 0.25) is 0 Å². The van der Waals surface area contributed by atoms with Gasteiger partial charge in [0.2, 0.25) is 0 Å². The lowest BCUT2D eigenvalue weighted by Crippen LogP contribution is -2.03. The zero-order chi connectivity index (χ0) is 13.0. The lowest BCUT2D eigenvalue weighted by Gasteiger charge is -2.08. The number of aryl methyl sites for hydroxylation is 1. The molecule has 0 aliphatic heterocycles. The van der Waals surface area contributed by atoms with Gasteiger partial charge in [-0.3, -0.25) is 4.98 Å². The number of hydrogen-bond donors (Lipinski definition) is 1. The van der Waals surface area contributed by atoms with Crippen LogP contribution < -0.4 is 10.5 Å². The number of pyridine rings is 1.